The van der Waals surface area contributed by atoms with E-state index in [0.29, 0.717) is 12.1 Å². The summed E-state index contributed by atoms with van der Waals surface area (Å²) in [5.41, 5.74) is 2.21. The molecule has 1 aliphatic rings. The number of rotatable bonds is 4. The molecule has 1 aliphatic heterocycles. The van der Waals surface area contributed by atoms with E-state index >= 15 is 0 Å². The first-order chi connectivity index (χ1) is 14.1. The van der Waals surface area contributed by atoms with Crippen LogP contribution < -0.4 is 5.32 Å². The van der Waals surface area contributed by atoms with Gasteiger partial charge in [-0.25, -0.2) is 9.18 Å². The quantitative estimate of drug-likeness (QED) is 0.787. The zero-order valence-corrected chi connectivity index (χ0v) is 16.1. The molecule has 0 bridgehead atoms. The molecule has 2 N–H and O–H groups in total. The third kappa shape index (κ3) is 4.39. The summed E-state index contributed by atoms with van der Waals surface area (Å²) in [5.74, 6) is 5.31. The lowest BCUT2D eigenvalue weighted by atomic mass is 9.76. The van der Waals surface area contributed by atoms with Gasteiger partial charge in [0.15, 0.2) is 0 Å². The van der Waals surface area contributed by atoms with E-state index in [4.69, 9.17) is 0 Å². The SMILES string of the molecule is CCCNC(=O)N1[C@H](CO)[C@H](c2ccc(C#Cc3cccc(F)c3)cc2)[C@@H]1C#N. The zero-order valence-electron chi connectivity index (χ0n) is 16.1. The Morgan fingerprint density at radius 3 is 2.55 bits per heavy atom. The molecule has 3 atom stereocenters. The van der Waals surface area contributed by atoms with Crippen LogP contribution in [0.25, 0.3) is 0 Å². The lowest BCUT2D eigenvalue weighted by Gasteiger charge is -2.51. The number of hydrogen-bond acceptors (Lipinski definition) is 3. The van der Waals surface area contributed by atoms with Gasteiger partial charge in [-0.1, -0.05) is 37.0 Å². The number of urea groups is 1. The number of hydrogen-bond donors (Lipinski definition) is 2. The minimum Gasteiger partial charge on any atom is -0.394 e. The van der Waals surface area contributed by atoms with Gasteiger partial charge in [-0.05, 0) is 42.3 Å². The van der Waals surface area contributed by atoms with Crippen molar-refractivity contribution in [2.45, 2.75) is 31.3 Å². The molecule has 3 rings (SSSR count). The Hall–Kier alpha value is -3.35. The Kier molecular flexibility index (Phi) is 6.49. The monoisotopic (exact) mass is 391 g/mol. The molecule has 2 aromatic rings. The number of amides is 2. The predicted octanol–water partition coefficient (Wildman–Crippen LogP) is 3.00. The summed E-state index contributed by atoms with van der Waals surface area (Å²) in [5, 5.41) is 22.1. The molecule has 1 fully saturated rings. The number of likely N-dealkylation sites (tertiary alicyclic amines) is 1. The van der Waals surface area contributed by atoms with Crippen LogP contribution in [0.2, 0.25) is 0 Å². The third-order valence-corrected chi connectivity index (χ3v) is 4.96. The van der Waals surface area contributed by atoms with Gasteiger partial charge in [0.2, 0.25) is 0 Å². The zero-order chi connectivity index (χ0) is 20.8. The highest BCUT2D eigenvalue weighted by molar-refractivity contribution is 5.77. The number of nitrogens with zero attached hydrogens (tertiary/aromatic N) is 2. The first-order valence-corrected chi connectivity index (χ1v) is 9.53. The Morgan fingerprint density at radius 2 is 1.93 bits per heavy atom. The molecule has 6 heteroatoms. The second-order valence-electron chi connectivity index (χ2n) is 6.87. The fraction of sp³-hybridized carbons (Fsp3) is 0.304. The normalized spacial score (nSPS) is 20.1. The molecule has 0 aromatic heterocycles. The summed E-state index contributed by atoms with van der Waals surface area (Å²) in [7, 11) is 0. The summed E-state index contributed by atoms with van der Waals surface area (Å²) in [4.78, 5) is 13.7. The van der Waals surface area contributed by atoms with Gasteiger partial charge in [0.05, 0.1) is 18.7 Å². The standard InChI is InChI=1S/C23H22FN3O2/c1-2-12-26-23(29)27-20(14-25)22(21(27)15-28)18-10-8-16(9-11-18)6-7-17-4-3-5-19(24)13-17/h3-5,8-11,13,20-22,28H,2,12,15H2,1H3,(H,26,29)/t20-,21+,22+/m0/s1. The number of carbonyl (C=O) groups excluding carboxylic acids is 1. The van der Waals surface area contributed by atoms with E-state index in [1.807, 2.05) is 31.2 Å². The second kappa shape index (κ2) is 9.23. The molecule has 148 valence electrons. The van der Waals surface area contributed by atoms with Crippen molar-refractivity contribution in [1.29, 1.82) is 5.26 Å². The van der Waals surface area contributed by atoms with Crippen molar-refractivity contribution in [3.8, 4) is 17.9 Å². The van der Waals surface area contributed by atoms with E-state index in [1.54, 1.807) is 12.1 Å². The van der Waals surface area contributed by atoms with Crippen LogP contribution >= 0.6 is 0 Å². The molecular formula is C23H22FN3O2. The average Bonchev–Trinajstić information content (AvgIpc) is 2.71. The van der Waals surface area contributed by atoms with Crippen molar-refractivity contribution in [3.63, 3.8) is 0 Å². The first-order valence-electron chi connectivity index (χ1n) is 9.53. The highest BCUT2D eigenvalue weighted by atomic mass is 19.1. The maximum absolute atomic E-state index is 13.2. The molecule has 0 spiro atoms. The van der Waals surface area contributed by atoms with Crippen LogP contribution in [-0.2, 0) is 0 Å². The fourth-order valence-corrected chi connectivity index (χ4v) is 3.51. The van der Waals surface area contributed by atoms with Gasteiger partial charge in [-0.15, -0.1) is 0 Å². The van der Waals surface area contributed by atoms with Crippen LogP contribution in [0, 0.1) is 29.0 Å². The fourth-order valence-electron chi connectivity index (χ4n) is 3.51. The van der Waals surface area contributed by atoms with Crippen molar-refractivity contribution < 1.29 is 14.3 Å². The third-order valence-electron chi connectivity index (χ3n) is 4.96. The van der Waals surface area contributed by atoms with Crippen molar-refractivity contribution in [1.82, 2.24) is 10.2 Å². The minimum absolute atomic E-state index is 0.219. The summed E-state index contributed by atoms with van der Waals surface area (Å²) in [6.07, 6.45) is 0.794. The van der Waals surface area contributed by atoms with E-state index in [-0.39, 0.29) is 24.4 Å². The van der Waals surface area contributed by atoms with Gasteiger partial charge in [0, 0.05) is 23.6 Å². The van der Waals surface area contributed by atoms with Gasteiger partial charge in [0.1, 0.15) is 11.9 Å². The molecule has 0 aliphatic carbocycles. The predicted molar refractivity (Wildman–Crippen MR) is 107 cm³/mol. The molecule has 2 aromatic carbocycles. The van der Waals surface area contributed by atoms with E-state index < -0.39 is 12.1 Å². The number of carbonyl (C=O) groups is 1. The molecule has 1 heterocycles. The van der Waals surface area contributed by atoms with Crippen molar-refractivity contribution in [2.75, 3.05) is 13.2 Å². The van der Waals surface area contributed by atoms with Gasteiger partial charge >= 0.3 is 6.03 Å². The summed E-state index contributed by atoms with van der Waals surface area (Å²) < 4.78 is 13.2. The van der Waals surface area contributed by atoms with Crippen molar-refractivity contribution in [2.24, 2.45) is 0 Å². The number of halogens is 1. The lowest BCUT2D eigenvalue weighted by molar-refractivity contribution is 0.0169. The molecule has 29 heavy (non-hydrogen) atoms. The smallest absolute Gasteiger partial charge is 0.318 e. The van der Waals surface area contributed by atoms with Crippen molar-refractivity contribution >= 4 is 6.03 Å². The molecule has 5 nitrogen and oxygen atoms in total. The van der Waals surface area contributed by atoms with Crippen LogP contribution in [0.5, 0.6) is 0 Å². The maximum atomic E-state index is 13.2. The number of aliphatic hydroxyl groups excluding tert-OH is 1. The highest BCUT2D eigenvalue weighted by Gasteiger charge is 2.51. The van der Waals surface area contributed by atoms with E-state index in [1.165, 1.54) is 17.0 Å². The largest absolute Gasteiger partial charge is 0.394 e. The maximum Gasteiger partial charge on any atom is 0.318 e. The number of aliphatic hydroxyl groups is 1. The lowest BCUT2D eigenvalue weighted by Crippen LogP contribution is -2.67. The van der Waals surface area contributed by atoms with Crippen LogP contribution in [0.1, 0.15) is 36.0 Å². The number of nitrogens with one attached hydrogen (secondary N) is 1. The van der Waals surface area contributed by atoms with Crippen LogP contribution in [0.3, 0.4) is 0 Å². The Bertz CT molecular complexity index is 972. The van der Waals surface area contributed by atoms with Crippen LogP contribution in [-0.4, -0.2) is 41.3 Å². The number of nitriles is 1. The Morgan fingerprint density at radius 1 is 1.21 bits per heavy atom. The summed E-state index contributed by atoms with van der Waals surface area (Å²) in [6, 6.07) is 14.2. The first kappa shape index (κ1) is 20.4. The topological polar surface area (TPSA) is 76.4 Å². The Labute approximate surface area is 169 Å². The van der Waals surface area contributed by atoms with E-state index in [9.17, 15) is 19.6 Å². The van der Waals surface area contributed by atoms with Gasteiger partial charge in [0.25, 0.3) is 0 Å². The minimum atomic E-state index is -0.631. The van der Waals surface area contributed by atoms with Crippen LogP contribution in [0.4, 0.5) is 9.18 Å². The second-order valence-corrected chi connectivity index (χ2v) is 6.87. The summed E-state index contributed by atoms with van der Waals surface area (Å²) in [6.45, 7) is 2.25. The average molecular weight is 391 g/mol. The van der Waals surface area contributed by atoms with E-state index in [2.05, 4.69) is 23.2 Å². The molecule has 0 unspecified atom stereocenters. The molecule has 0 radical (unpaired) electrons. The molecule has 1 saturated heterocycles. The van der Waals surface area contributed by atoms with Crippen LogP contribution in [0.15, 0.2) is 48.5 Å². The van der Waals surface area contributed by atoms with Gasteiger partial charge < -0.3 is 15.3 Å². The number of benzene rings is 2. The van der Waals surface area contributed by atoms with Crippen molar-refractivity contribution in [3.05, 3.63) is 71.0 Å². The Balaban J connectivity index is 1.75. The van der Waals surface area contributed by atoms with Gasteiger partial charge in [-0.3, -0.25) is 0 Å². The molecular weight excluding hydrogens is 369 g/mol. The van der Waals surface area contributed by atoms with E-state index in [0.717, 1.165) is 17.5 Å². The molecule has 0 saturated carbocycles. The van der Waals surface area contributed by atoms with Gasteiger partial charge in [-0.2, -0.15) is 5.26 Å². The molecule has 2 amide bonds. The summed E-state index contributed by atoms with van der Waals surface area (Å²) >= 11 is 0. The highest BCUT2D eigenvalue weighted by Crippen LogP contribution is 2.40.